The number of benzene rings is 1. The Hall–Kier alpha value is -2.43. The Labute approximate surface area is 103 Å². The highest BCUT2D eigenvalue weighted by molar-refractivity contribution is 5.87. The summed E-state index contributed by atoms with van der Waals surface area (Å²) in [6.45, 7) is 2.01. The Bertz CT molecular complexity index is 673. The molecule has 3 rings (SSSR count). The highest BCUT2D eigenvalue weighted by Gasteiger charge is 2.05. The molecule has 0 aliphatic heterocycles. The predicted octanol–water partition coefficient (Wildman–Crippen LogP) is 2.51. The Morgan fingerprint density at radius 1 is 1.22 bits per heavy atom. The minimum atomic E-state index is 0.259. The molecule has 0 radical (unpaired) electrons. The van der Waals surface area contributed by atoms with Gasteiger partial charge in [0.05, 0.1) is 0 Å². The number of hydrogen-bond acceptors (Lipinski definition) is 5. The summed E-state index contributed by atoms with van der Waals surface area (Å²) in [5.41, 5.74) is 0. The van der Waals surface area contributed by atoms with Gasteiger partial charge in [0.25, 0.3) is 5.89 Å². The lowest BCUT2D eigenvalue weighted by molar-refractivity contribution is 0.263. The molecule has 0 aliphatic carbocycles. The zero-order chi connectivity index (χ0) is 12.4. The van der Waals surface area contributed by atoms with Gasteiger partial charge in [-0.2, -0.15) is 0 Å². The van der Waals surface area contributed by atoms with Crippen molar-refractivity contribution < 1.29 is 9.15 Å². The van der Waals surface area contributed by atoms with Gasteiger partial charge in [-0.25, -0.2) is 0 Å². The molecule has 0 bridgehead atoms. The van der Waals surface area contributed by atoms with Crippen LogP contribution in [0.1, 0.15) is 11.8 Å². The monoisotopic (exact) mass is 241 g/mol. The summed E-state index contributed by atoms with van der Waals surface area (Å²) >= 11 is 0. The summed E-state index contributed by atoms with van der Waals surface area (Å²) in [7, 11) is 0. The maximum Gasteiger partial charge on any atom is 0.253 e. The number of pyridine rings is 1. The third kappa shape index (κ3) is 2.02. The number of fused-ring (bicyclic) bond motifs is 1. The number of hydrogen-bond donors (Lipinski definition) is 0. The van der Waals surface area contributed by atoms with E-state index in [-0.39, 0.29) is 6.61 Å². The van der Waals surface area contributed by atoms with Crippen molar-refractivity contribution in [1.29, 1.82) is 0 Å². The van der Waals surface area contributed by atoms with Gasteiger partial charge in [0.2, 0.25) is 5.89 Å². The quantitative estimate of drug-likeness (QED) is 0.705. The van der Waals surface area contributed by atoms with Crippen molar-refractivity contribution in [2.24, 2.45) is 0 Å². The van der Waals surface area contributed by atoms with Gasteiger partial charge in [0, 0.05) is 24.7 Å². The normalized spacial score (nSPS) is 10.7. The van der Waals surface area contributed by atoms with E-state index < -0.39 is 0 Å². The fourth-order valence-electron chi connectivity index (χ4n) is 1.75. The summed E-state index contributed by atoms with van der Waals surface area (Å²) in [6.07, 6.45) is 3.54. The minimum absolute atomic E-state index is 0.259. The SMILES string of the molecule is Cc1nnc(COc2cccc3ccncc23)o1. The first kappa shape index (κ1) is 10.7. The topological polar surface area (TPSA) is 61.0 Å². The first-order valence-electron chi connectivity index (χ1n) is 5.57. The van der Waals surface area contributed by atoms with Crippen LogP contribution in [0.25, 0.3) is 10.8 Å². The molecular weight excluding hydrogens is 230 g/mol. The van der Waals surface area contributed by atoms with Crippen LogP contribution in [-0.2, 0) is 6.61 Å². The molecule has 1 aromatic carbocycles. The van der Waals surface area contributed by atoms with Crippen molar-refractivity contribution in [1.82, 2.24) is 15.2 Å². The van der Waals surface area contributed by atoms with Crippen LogP contribution >= 0.6 is 0 Å². The predicted molar refractivity (Wildman–Crippen MR) is 65.1 cm³/mol. The highest BCUT2D eigenvalue weighted by atomic mass is 16.5. The van der Waals surface area contributed by atoms with E-state index in [2.05, 4.69) is 15.2 Å². The largest absolute Gasteiger partial charge is 0.483 e. The number of aryl methyl sites for hydroxylation is 1. The van der Waals surface area contributed by atoms with Crippen LogP contribution in [0.4, 0.5) is 0 Å². The second kappa shape index (κ2) is 4.44. The molecule has 2 aromatic heterocycles. The van der Waals surface area contributed by atoms with Gasteiger partial charge >= 0.3 is 0 Å². The van der Waals surface area contributed by atoms with E-state index in [1.165, 1.54) is 0 Å². The molecule has 0 atom stereocenters. The van der Waals surface area contributed by atoms with Gasteiger partial charge < -0.3 is 9.15 Å². The molecule has 0 unspecified atom stereocenters. The molecule has 5 nitrogen and oxygen atoms in total. The van der Waals surface area contributed by atoms with Crippen LogP contribution in [0, 0.1) is 6.92 Å². The second-order valence-corrected chi connectivity index (χ2v) is 3.86. The first-order valence-corrected chi connectivity index (χ1v) is 5.57. The van der Waals surface area contributed by atoms with Gasteiger partial charge in [0.15, 0.2) is 6.61 Å². The lowest BCUT2D eigenvalue weighted by Gasteiger charge is -2.06. The van der Waals surface area contributed by atoms with Crippen molar-refractivity contribution in [3.05, 3.63) is 48.4 Å². The van der Waals surface area contributed by atoms with Crippen LogP contribution in [0.15, 0.2) is 41.1 Å². The molecule has 2 heterocycles. The zero-order valence-electron chi connectivity index (χ0n) is 9.83. The van der Waals surface area contributed by atoms with Gasteiger partial charge in [-0.1, -0.05) is 12.1 Å². The van der Waals surface area contributed by atoms with Gasteiger partial charge in [-0.3, -0.25) is 4.98 Å². The molecule has 18 heavy (non-hydrogen) atoms. The summed E-state index contributed by atoms with van der Waals surface area (Å²) in [4.78, 5) is 4.10. The Kier molecular flexibility index (Phi) is 2.64. The molecule has 0 saturated carbocycles. The van der Waals surface area contributed by atoms with E-state index in [1.807, 2.05) is 24.3 Å². The van der Waals surface area contributed by atoms with E-state index in [4.69, 9.17) is 9.15 Å². The Morgan fingerprint density at radius 2 is 2.17 bits per heavy atom. The third-order valence-corrected chi connectivity index (χ3v) is 2.56. The average molecular weight is 241 g/mol. The maximum absolute atomic E-state index is 5.68. The van der Waals surface area contributed by atoms with Crippen LogP contribution in [0.3, 0.4) is 0 Å². The molecule has 0 amide bonds. The second-order valence-electron chi connectivity index (χ2n) is 3.86. The van der Waals surface area contributed by atoms with E-state index >= 15 is 0 Å². The highest BCUT2D eigenvalue weighted by Crippen LogP contribution is 2.24. The molecule has 5 heteroatoms. The van der Waals surface area contributed by atoms with Crippen molar-refractivity contribution >= 4 is 10.8 Å². The number of nitrogens with zero attached hydrogens (tertiary/aromatic N) is 3. The number of aromatic nitrogens is 3. The molecule has 0 spiro atoms. The van der Waals surface area contributed by atoms with Crippen LogP contribution < -0.4 is 4.74 Å². The minimum Gasteiger partial charge on any atom is -0.483 e. The lowest BCUT2D eigenvalue weighted by atomic mass is 10.1. The number of ether oxygens (including phenoxy) is 1. The summed E-state index contributed by atoms with van der Waals surface area (Å²) < 4.78 is 10.9. The Morgan fingerprint density at radius 3 is 3.00 bits per heavy atom. The summed E-state index contributed by atoms with van der Waals surface area (Å²) in [6, 6.07) is 7.80. The molecular formula is C13H11N3O2. The number of rotatable bonds is 3. The van der Waals surface area contributed by atoms with Gasteiger partial charge in [0.1, 0.15) is 5.75 Å². The third-order valence-electron chi connectivity index (χ3n) is 2.56. The maximum atomic E-state index is 5.68. The van der Waals surface area contributed by atoms with Gasteiger partial charge in [-0.05, 0) is 17.5 Å². The average Bonchev–Trinajstić information content (AvgIpc) is 2.82. The van der Waals surface area contributed by atoms with Crippen LogP contribution in [0.5, 0.6) is 5.75 Å². The van der Waals surface area contributed by atoms with Crippen LogP contribution in [-0.4, -0.2) is 15.2 Å². The van der Waals surface area contributed by atoms with Crippen LogP contribution in [0.2, 0.25) is 0 Å². The molecule has 0 aliphatic rings. The molecule has 0 fully saturated rings. The van der Waals surface area contributed by atoms with Crippen molar-refractivity contribution in [2.45, 2.75) is 13.5 Å². The summed E-state index contributed by atoms with van der Waals surface area (Å²) in [5, 5.41) is 9.69. The van der Waals surface area contributed by atoms with Crippen molar-refractivity contribution in [3.63, 3.8) is 0 Å². The molecule has 0 N–H and O–H groups in total. The fraction of sp³-hybridized carbons (Fsp3) is 0.154. The van der Waals surface area contributed by atoms with Crippen molar-refractivity contribution in [3.8, 4) is 5.75 Å². The van der Waals surface area contributed by atoms with Gasteiger partial charge in [-0.15, -0.1) is 10.2 Å². The van der Waals surface area contributed by atoms with E-state index in [0.29, 0.717) is 11.8 Å². The van der Waals surface area contributed by atoms with E-state index in [0.717, 1.165) is 16.5 Å². The smallest absolute Gasteiger partial charge is 0.253 e. The zero-order valence-corrected chi connectivity index (χ0v) is 9.83. The Balaban J connectivity index is 1.86. The standard InChI is InChI=1S/C13H11N3O2/c1-9-15-16-13(18-9)8-17-12-4-2-3-10-5-6-14-7-11(10)12/h2-7H,8H2,1H3. The van der Waals surface area contributed by atoms with Crippen molar-refractivity contribution in [2.75, 3.05) is 0 Å². The summed E-state index contributed by atoms with van der Waals surface area (Å²) in [5.74, 6) is 1.76. The fourth-order valence-corrected chi connectivity index (χ4v) is 1.75. The first-order chi connectivity index (χ1) is 8.83. The van der Waals surface area contributed by atoms with E-state index in [9.17, 15) is 0 Å². The molecule has 0 saturated heterocycles. The molecule has 3 aromatic rings. The van der Waals surface area contributed by atoms with E-state index in [1.54, 1.807) is 19.3 Å². The lowest BCUT2D eigenvalue weighted by Crippen LogP contribution is -1.96. The molecule has 90 valence electrons.